The summed E-state index contributed by atoms with van der Waals surface area (Å²) in [6, 6.07) is 7.98. The number of ether oxygens (including phenoxy) is 1. The zero-order valence-corrected chi connectivity index (χ0v) is 17.3. The van der Waals surface area contributed by atoms with Gasteiger partial charge in [0.1, 0.15) is 5.75 Å². The quantitative estimate of drug-likeness (QED) is 0.777. The highest BCUT2D eigenvalue weighted by Gasteiger charge is 2.31. The van der Waals surface area contributed by atoms with Gasteiger partial charge in [-0.1, -0.05) is 6.42 Å². The number of carbonyl (C=O) groups excluding carboxylic acids is 2. The molecule has 158 valence electrons. The molecule has 2 saturated heterocycles. The Kier molecular flexibility index (Phi) is 6.35. The van der Waals surface area contributed by atoms with Gasteiger partial charge >= 0.3 is 0 Å². The average molecular weight is 401 g/mol. The van der Waals surface area contributed by atoms with Crippen LogP contribution in [-0.4, -0.2) is 91.5 Å². The van der Waals surface area contributed by atoms with E-state index in [9.17, 15) is 9.59 Å². The van der Waals surface area contributed by atoms with Gasteiger partial charge in [0.15, 0.2) is 0 Å². The number of amides is 2. The number of hydrogen-bond donors (Lipinski definition) is 1. The van der Waals surface area contributed by atoms with Crippen LogP contribution in [-0.2, 0) is 4.79 Å². The predicted octanol–water partition coefficient (Wildman–Crippen LogP) is 1.20. The van der Waals surface area contributed by atoms with Crippen molar-refractivity contribution in [3.05, 3.63) is 29.8 Å². The molecule has 1 aliphatic carbocycles. The number of nitrogens with one attached hydrogen (secondary N) is 1. The Morgan fingerprint density at radius 1 is 1.03 bits per heavy atom. The summed E-state index contributed by atoms with van der Waals surface area (Å²) in [5.41, 5.74) is 0.629. The first-order valence-electron chi connectivity index (χ1n) is 10.8. The lowest BCUT2D eigenvalue weighted by molar-refractivity contribution is -0.134. The highest BCUT2D eigenvalue weighted by atomic mass is 16.5. The molecule has 3 fully saturated rings. The number of benzene rings is 1. The molecule has 2 heterocycles. The van der Waals surface area contributed by atoms with Crippen LogP contribution in [0, 0.1) is 0 Å². The summed E-state index contributed by atoms with van der Waals surface area (Å²) < 4.78 is 5.13. The van der Waals surface area contributed by atoms with Crippen LogP contribution in [0.5, 0.6) is 5.75 Å². The fraction of sp³-hybridized carbons (Fsp3) is 0.636. The van der Waals surface area contributed by atoms with Gasteiger partial charge in [-0.25, -0.2) is 0 Å². The lowest BCUT2D eigenvalue weighted by Crippen LogP contribution is -2.55. The Hall–Kier alpha value is -2.12. The summed E-state index contributed by atoms with van der Waals surface area (Å²) in [5, 5.41) is 3.09. The first kappa shape index (κ1) is 20.2. The molecular weight excluding hydrogens is 368 g/mol. The van der Waals surface area contributed by atoms with Crippen molar-refractivity contribution in [2.24, 2.45) is 0 Å². The summed E-state index contributed by atoms with van der Waals surface area (Å²) in [4.78, 5) is 31.9. The Balaban J connectivity index is 1.19. The molecule has 7 heteroatoms. The van der Waals surface area contributed by atoms with E-state index in [2.05, 4.69) is 15.1 Å². The van der Waals surface area contributed by atoms with Crippen molar-refractivity contribution in [3.63, 3.8) is 0 Å². The highest BCUT2D eigenvalue weighted by molar-refractivity contribution is 5.94. The topological polar surface area (TPSA) is 65.1 Å². The smallest absolute Gasteiger partial charge is 0.251 e. The molecule has 1 unspecified atom stereocenters. The molecule has 1 saturated carbocycles. The Morgan fingerprint density at radius 2 is 1.76 bits per heavy atom. The van der Waals surface area contributed by atoms with E-state index in [1.807, 2.05) is 4.90 Å². The Labute approximate surface area is 173 Å². The molecule has 4 rings (SSSR count). The molecule has 0 aromatic heterocycles. The maximum atomic E-state index is 12.7. The van der Waals surface area contributed by atoms with Crippen LogP contribution in [0.2, 0.25) is 0 Å². The van der Waals surface area contributed by atoms with Crippen molar-refractivity contribution in [2.75, 3.05) is 52.9 Å². The van der Waals surface area contributed by atoms with Crippen LogP contribution >= 0.6 is 0 Å². The van der Waals surface area contributed by atoms with Crippen molar-refractivity contribution in [3.8, 4) is 5.75 Å². The molecule has 1 aromatic rings. The second kappa shape index (κ2) is 9.13. The normalized spacial score (nSPS) is 23.6. The van der Waals surface area contributed by atoms with Crippen molar-refractivity contribution in [1.29, 1.82) is 0 Å². The summed E-state index contributed by atoms with van der Waals surface area (Å²) in [6.45, 7) is 5.75. The average Bonchev–Trinajstić information content (AvgIpc) is 3.14. The van der Waals surface area contributed by atoms with Gasteiger partial charge in [0.25, 0.3) is 5.91 Å². The SMILES string of the molecule is COc1ccc(C(=O)NC2CCN(CC(=O)N3CCN(C4CCC4)CC3)C2)cc1. The molecule has 3 aliphatic rings. The molecule has 2 aliphatic heterocycles. The summed E-state index contributed by atoms with van der Waals surface area (Å²) in [5.74, 6) is 0.888. The molecule has 2 amide bonds. The number of nitrogens with zero attached hydrogens (tertiary/aromatic N) is 3. The fourth-order valence-electron chi connectivity index (χ4n) is 4.48. The van der Waals surface area contributed by atoms with Gasteiger partial charge in [0.2, 0.25) is 5.91 Å². The number of hydrogen-bond acceptors (Lipinski definition) is 5. The van der Waals surface area contributed by atoms with E-state index in [1.165, 1.54) is 19.3 Å². The number of carbonyl (C=O) groups is 2. The zero-order valence-electron chi connectivity index (χ0n) is 17.3. The minimum atomic E-state index is -0.0713. The van der Waals surface area contributed by atoms with Crippen LogP contribution in [0.15, 0.2) is 24.3 Å². The third kappa shape index (κ3) is 4.90. The first-order chi connectivity index (χ1) is 14.1. The fourth-order valence-corrected chi connectivity index (χ4v) is 4.48. The molecule has 7 nitrogen and oxygen atoms in total. The van der Waals surface area contributed by atoms with Gasteiger partial charge in [0.05, 0.1) is 13.7 Å². The second-order valence-corrected chi connectivity index (χ2v) is 8.42. The van der Waals surface area contributed by atoms with Crippen LogP contribution in [0.1, 0.15) is 36.0 Å². The molecule has 1 aromatic carbocycles. The summed E-state index contributed by atoms with van der Waals surface area (Å²) in [6.07, 6.45) is 4.89. The van der Waals surface area contributed by atoms with E-state index >= 15 is 0 Å². The van der Waals surface area contributed by atoms with Crippen molar-refractivity contribution >= 4 is 11.8 Å². The predicted molar refractivity (Wildman–Crippen MR) is 111 cm³/mol. The Morgan fingerprint density at radius 3 is 2.38 bits per heavy atom. The number of piperazine rings is 1. The summed E-state index contributed by atoms with van der Waals surface area (Å²) in [7, 11) is 1.61. The largest absolute Gasteiger partial charge is 0.497 e. The number of methoxy groups -OCH3 is 1. The van der Waals surface area contributed by atoms with E-state index in [-0.39, 0.29) is 17.9 Å². The van der Waals surface area contributed by atoms with Gasteiger partial charge in [-0.15, -0.1) is 0 Å². The monoisotopic (exact) mass is 400 g/mol. The van der Waals surface area contributed by atoms with Gasteiger partial charge in [-0.3, -0.25) is 19.4 Å². The minimum absolute atomic E-state index is 0.0713. The van der Waals surface area contributed by atoms with Crippen molar-refractivity contribution in [1.82, 2.24) is 20.0 Å². The molecule has 1 N–H and O–H groups in total. The third-order valence-corrected chi connectivity index (χ3v) is 6.58. The number of rotatable bonds is 6. The maximum absolute atomic E-state index is 12.7. The summed E-state index contributed by atoms with van der Waals surface area (Å²) >= 11 is 0. The molecular formula is C22H32N4O3. The highest BCUT2D eigenvalue weighted by Crippen LogP contribution is 2.25. The maximum Gasteiger partial charge on any atom is 0.251 e. The molecule has 0 bridgehead atoms. The molecule has 29 heavy (non-hydrogen) atoms. The van der Waals surface area contributed by atoms with Crippen LogP contribution in [0.4, 0.5) is 0 Å². The Bertz CT molecular complexity index is 711. The lowest BCUT2D eigenvalue weighted by Gasteiger charge is -2.43. The van der Waals surface area contributed by atoms with Gasteiger partial charge in [0, 0.05) is 56.9 Å². The van der Waals surface area contributed by atoms with E-state index in [0.717, 1.165) is 57.5 Å². The second-order valence-electron chi connectivity index (χ2n) is 8.42. The van der Waals surface area contributed by atoms with Gasteiger partial charge in [-0.2, -0.15) is 0 Å². The van der Waals surface area contributed by atoms with E-state index in [1.54, 1.807) is 31.4 Å². The molecule has 0 radical (unpaired) electrons. The van der Waals surface area contributed by atoms with E-state index < -0.39 is 0 Å². The minimum Gasteiger partial charge on any atom is -0.497 e. The van der Waals surface area contributed by atoms with Crippen molar-refractivity contribution < 1.29 is 14.3 Å². The standard InChI is InChI=1S/C22H32N4O3/c1-29-20-7-5-17(6-8-20)22(28)23-18-9-10-24(15-18)16-21(27)26-13-11-25(12-14-26)19-3-2-4-19/h5-8,18-19H,2-4,9-16H2,1H3,(H,23,28). The zero-order chi connectivity index (χ0) is 20.2. The van der Waals surface area contributed by atoms with E-state index in [4.69, 9.17) is 4.74 Å². The first-order valence-corrected chi connectivity index (χ1v) is 10.8. The molecule has 0 spiro atoms. The third-order valence-electron chi connectivity index (χ3n) is 6.58. The van der Waals surface area contributed by atoms with Gasteiger partial charge < -0.3 is 15.0 Å². The van der Waals surface area contributed by atoms with Crippen LogP contribution in [0.3, 0.4) is 0 Å². The lowest BCUT2D eigenvalue weighted by atomic mass is 9.91. The van der Waals surface area contributed by atoms with Crippen molar-refractivity contribution in [2.45, 2.75) is 37.8 Å². The van der Waals surface area contributed by atoms with Gasteiger partial charge in [-0.05, 0) is 43.5 Å². The van der Waals surface area contributed by atoms with Crippen LogP contribution < -0.4 is 10.1 Å². The van der Waals surface area contributed by atoms with E-state index in [0.29, 0.717) is 12.1 Å². The number of likely N-dealkylation sites (tertiary alicyclic amines) is 1. The molecule has 1 atom stereocenters. The van der Waals surface area contributed by atoms with Crippen LogP contribution in [0.25, 0.3) is 0 Å².